The molecule has 37 heavy (non-hydrogen) atoms. The number of rotatable bonds is 8. The van der Waals surface area contributed by atoms with E-state index in [0.717, 1.165) is 24.2 Å². The molecule has 9 nitrogen and oxygen atoms in total. The summed E-state index contributed by atoms with van der Waals surface area (Å²) in [4.78, 5) is 19.3. The summed E-state index contributed by atoms with van der Waals surface area (Å²) in [5.74, 6) is 1.08. The molecular weight excluding hydrogens is 490 g/mol. The smallest absolute Gasteiger partial charge is 0.326 e. The van der Waals surface area contributed by atoms with Crippen LogP contribution in [0.25, 0.3) is 11.3 Å². The molecule has 0 spiro atoms. The first-order chi connectivity index (χ1) is 17.8. The number of nitrogens with zero attached hydrogens (tertiary/aromatic N) is 3. The van der Waals surface area contributed by atoms with Crippen molar-refractivity contribution in [1.29, 1.82) is 0 Å². The van der Waals surface area contributed by atoms with Gasteiger partial charge >= 0.3 is 6.03 Å². The van der Waals surface area contributed by atoms with Crippen LogP contribution in [-0.2, 0) is 16.6 Å². The van der Waals surface area contributed by atoms with Crippen LogP contribution in [0.5, 0.6) is 5.75 Å². The summed E-state index contributed by atoms with van der Waals surface area (Å²) in [7, 11) is -3.71. The lowest BCUT2D eigenvalue weighted by atomic mass is 9.99. The third kappa shape index (κ3) is 5.99. The Morgan fingerprint density at radius 3 is 2.38 bits per heavy atom. The van der Waals surface area contributed by atoms with E-state index in [1.807, 2.05) is 42.5 Å². The lowest BCUT2D eigenvalue weighted by molar-refractivity contribution is 0.238. The van der Waals surface area contributed by atoms with E-state index < -0.39 is 10.0 Å². The molecule has 1 aliphatic rings. The predicted octanol–water partition coefficient (Wildman–Crippen LogP) is 3.47. The van der Waals surface area contributed by atoms with Crippen molar-refractivity contribution in [2.24, 2.45) is 11.1 Å². The fourth-order valence-corrected chi connectivity index (χ4v) is 4.63. The van der Waals surface area contributed by atoms with Gasteiger partial charge in [-0.1, -0.05) is 30.3 Å². The van der Waals surface area contributed by atoms with Crippen molar-refractivity contribution in [3.8, 4) is 17.0 Å². The molecule has 10 heteroatoms. The van der Waals surface area contributed by atoms with Gasteiger partial charge < -0.3 is 15.0 Å². The van der Waals surface area contributed by atoms with E-state index in [4.69, 9.17) is 9.88 Å². The average molecular weight is 518 g/mol. The average Bonchev–Trinajstić information content (AvgIpc) is 3.38. The highest BCUT2D eigenvalue weighted by Gasteiger charge is 2.27. The lowest BCUT2D eigenvalue weighted by Gasteiger charge is -2.41. The number of hydrogen-bond donors (Lipinski definition) is 2. The second-order valence-electron chi connectivity index (χ2n) is 8.96. The zero-order valence-electron chi connectivity index (χ0n) is 20.0. The van der Waals surface area contributed by atoms with Gasteiger partial charge in [0.15, 0.2) is 0 Å². The first-order valence-corrected chi connectivity index (χ1v) is 13.4. The summed E-state index contributed by atoms with van der Waals surface area (Å²) in [5, 5.41) is 8.11. The molecule has 0 aliphatic carbocycles. The highest BCUT2D eigenvalue weighted by molar-refractivity contribution is 7.89. The van der Waals surface area contributed by atoms with Crippen molar-refractivity contribution in [2.75, 3.05) is 24.5 Å². The summed E-state index contributed by atoms with van der Waals surface area (Å²) in [5.41, 5.74) is 3.56. The quantitative estimate of drug-likeness (QED) is 0.369. The van der Waals surface area contributed by atoms with Gasteiger partial charge in [0.1, 0.15) is 18.7 Å². The molecule has 190 valence electrons. The molecule has 1 aliphatic heterocycles. The standard InChI is InChI=1S/C27H27N5O4S/c28-37(34,35)25-12-6-20(7-13-25)18-36-24-10-8-22(9-11-24)26-17-32(19-30-26)27(33)29-14-21-15-31(16-21)23-4-2-1-3-5-23/h1-13,17,19,21H,14-16,18H2,(H,29,33)(H2,28,34,35). The summed E-state index contributed by atoms with van der Waals surface area (Å²) in [6.45, 7) is 2.75. The van der Waals surface area contributed by atoms with E-state index in [0.29, 0.717) is 23.9 Å². The number of nitrogens with two attached hydrogens (primary N) is 1. The minimum Gasteiger partial charge on any atom is -0.489 e. The fourth-order valence-electron chi connectivity index (χ4n) is 4.12. The first-order valence-electron chi connectivity index (χ1n) is 11.8. The zero-order chi connectivity index (χ0) is 25.8. The minimum absolute atomic E-state index is 0.0615. The van der Waals surface area contributed by atoms with Crippen LogP contribution in [0, 0.1) is 5.92 Å². The number of carbonyl (C=O) groups excluding carboxylic acids is 1. The van der Waals surface area contributed by atoms with Gasteiger partial charge in [-0.3, -0.25) is 4.57 Å². The molecule has 3 aromatic carbocycles. The Morgan fingerprint density at radius 2 is 1.70 bits per heavy atom. The molecule has 0 bridgehead atoms. The van der Waals surface area contributed by atoms with E-state index in [-0.39, 0.29) is 17.5 Å². The number of para-hydroxylation sites is 1. The predicted molar refractivity (Wildman–Crippen MR) is 141 cm³/mol. The molecule has 1 amide bonds. The monoisotopic (exact) mass is 517 g/mol. The number of amides is 1. The van der Waals surface area contributed by atoms with E-state index in [9.17, 15) is 13.2 Å². The van der Waals surface area contributed by atoms with E-state index in [2.05, 4.69) is 27.3 Å². The lowest BCUT2D eigenvalue weighted by Crippen LogP contribution is -2.51. The molecular formula is C27H27N5O4S. The number of primary sulfonamides is 1. The molecule has 2 heterocycles. The Kier molecular flexibility index (Phi) is 6.93. The number of imidazole rings is 1. The van der Waals surface area contributed by atoms with Gasteiger partial charge in [-0.05, 0) is 54.1 Å². The van der Waals surface area contributed by atoms with Crippen molar-refractivity contribution in [1.82, 2.24) is 14.9 Å². The molecule has 1 aromatic heterocycles. The minimum atomic E-state index is -3.71. The van der Waals surface area contributed by atoms with Crippen molar-refractivity contribution in [3.63, 3.8) is 0 Å². The van der Waals surface area contributed by atoms with Gasteiger partial charge in [-0.15, -0.1) is 0 Å². The van der Waals surface area contributed by atoms with E-state index in [1.165, 1.54) is 28.7 Å². The van der Waals surface area contributed by atoms with Crippen LogP contribution in [0.2, 0.25) is 0 Å². The topological polar surface area (TPSA) is 120 Å². The van der Waals surface area contributed by atoms with Crippen molar-refractivity contribution < 1.29 is 17.9 Å². The zero-order valence-corrected chi connectivity index (χ0v) is 20.8. The van der Waals surface area contributed by atoms with Gasteiger partial charge in [0.05, 0.1) is 10.6 Å². The van der Waals surface area contributed by atoms with Crippen LogP contribution in [0.4, 0.5) is 10.5 Å². The number of anilines is 1. The number of ether oxygens (including phenoxy) is 1. The maximum Gasteiger partial charge on any atom is 0.326 e. The van der Waals surface area contributed by atoms with Gasteiger partial charge in [0.2, 0.25) is 10.0 Å². The summed E-state index contributed by atoms with van der Waals surface area (Å²) < 4.78 is 30.0. The highest BCUT2D eigenvalue weighted by atomic mass is 32.2. The normalized spacial score (nSPS) is 13.7. The Morgan fingerprint density at radius 1 is 1.00 bits per heavy atom. The molecule has 1 fully saturated rings. The molecule has 0 unspecified atom stereocenters. The van der Waals surface area contributed by atoms with Crippen LogP contribution in [0.15, 0.2) is 96.3 Å². The number of aromatic nitrogens is 2. The van der Waals surface area contributed by atoms with Crippen molar-refractivity contribution in [2.45, 2.75) is 11.5 Å². The summed E-state index contributed by atoms with van der Waals surface area (Å²) in [6, 6.07) is 23.7. The third-order valence-electron chi connectivity index (χ3n) is 6.25. The summed E-state index contributed by atoms with van der Waals surface area (Å²) in [6.07, 6.45) is 3.21. The Hall–Kier alpha value is -4.15. The number of sulfonamides is 1. The van der Waals surface area contributed by atoms with Gasteiger partial charge in [-0.25, -0.2) is 23.3 Å². The second-order valence-corrected chi connectivity index (χ2v) is 10.5. The summed E-state index contributed by atoms with van der Waals surface area (Å²) >= 11 is 0. The van der Waals surface area contributed by atoms with Crippen LogP contribution in [0.1, 0.15) is 5.56 Å². The Balaban J connectivity index is 1.10. The van der Waals surface area contributed by atoms with Crippen LogP contribution in [0.3, 0.4) is 0 Å². The highest BCUT2D eigenvalue weighted by Crippen LogP contribution is 2.24. The molecule has 5 rings (SSSR count). The van der Waals surface area contributed by atoms with Crippen LogP contribution in [-0.4, -0.2) is 43.6 Å². The maximum absolute atomic E-state index is 12.6. The molecule has 1 saturated heterocycles. The largest absolute Gasteiger partial charge is 0.489 e. The molecule has 0 saturated carbocycles. The van der Waals surface area contributed by atoms with Crippen molar-refractivity contribution >= 4 is 21.7 Å². The van der Waals surface area contributed by atoms with Gasteiger partial charge in [0.25, 0.3) is 0 Å². The maximum atomic E-state index is 12.6. The fraction of sp³-hybridized carbons (Fsp3) is 0.185. The Labute approximate surface area is 215 Å². The molecule has 4 aromatic rings. The van der Waals surface area contributed by atoms with Crippen LogP contribution < -0.4 is 20.1 Å². The second kappa shape index (κ2) is 10.5. The number of carbonyl (C=O) groups is 1. The van der Waals surface area contributed by atoms with E-state index in [1.54, 1.807) is 18.3 Å². The number of benzene rings is 3. The van der Waals surface area contributed by atoms with Crippen molar-refractivity contribution in [3.05, 3.63) is 97.0 Å². The number of nitrogens with one attached hydrogen (secondary N) is 1. The van der Waals surface area contributed by atoms with Crippen LogP contribution >= 0.6 is 0 Å². The van der Waals surface area contributed by atoms with E-state index >= 15 is 0 Å². The SMILES string of the molecule is NS(=O)(=O)c1ccc(COc2ccc(-c3cn(C(=O)NCC4CN(c5ccccc5)C4)cn3)cc2)cc1. The first kappa shape index (κ1) is 24.5. The van der Waals surface area contributed by atoms with Gasteiger partial charge in [-0.2, -0.15) is 0 Å². The third-order valence-corrected chi connectivity index (χ3v) is 7.17. The molecule has 0 atom stereocenters. The number of hydrogen-bond acceptors (Lipinski definition) is 6. The Bertz CT molecular complexity index is 1460. The van der Waals surface area contributed by atoms with Gasteiger partial charge in [0, 0.05) is 43.0 Å². The molecule has 3 N–H and O–H groups in total. The molecule has 0 radical (unpaired) electrons.